The zero-order valence-electron chi connectivity index (χ0n) is 8.08. The summed E-state index contributed by atoms with van der Waals surface area (Å²) in [6.07, 6.45) is 3.92. The molecular weight excluding hydrogens is 166 g/mol. The van der Waals surface area contributed by atoms with Gasteiger partial charge in [0.15, 0.2) is 12.4 Å². The Morgan fingerprint density at radius 3 is 2.69 bits per heavy atom. The molecule has 1 aromatic rings. The van der Waals surface area contributed by atoms with Crippen LogP contribution in [0.25, 0.3) is 0 Å². The van der Waals surface area contributed by atoms with E-state index in [1.165, 1.54) is 0 Å². The van der Waals surface area contributed by atoms with Gasteiger partial charge >= 0.3 is 0 Å². The van der Waals surface area contributed by atoms with Crippen LogP contribution in [0, 0.1) is 0 Å². The average molecular weight is 182 g/mol. The molecule has 0 fully saturated rings. The van der Waals surface area contributed by atoms with Crippen LogP contribution in [0.5, 0.6) is 0 Å². The lowest BCUT2D eigenvalue weighted by Crippen LogP contribution is -2.26. The fraction of sp³-hybridized carbons (Fsp3) is 0.444. The number of rotatable bonds is 5. The second-order valence-electron chi connectivity index (χ2n) is 2.81. The van der Waals surface area contributed by atoms with Gasteiger partial charge in [-0.1, -0.05) is 0 Å². The van der Waals surface area contributed by atoms with Crippen molar-refractivity contribution < 1.29 is 9.40 Å². The van der Waals surface area contributed by atoms with E-state index in [1.54, 1.807) is 0 Å². The molecular formula is C9H16N3O+. The molecule has 0 saturated heterocycles. The summed E-state index contributed by atoms with van der Waals surface area (Å²) in [4.78, 5) is 5.18. The highest BCUT2D eigenvalue weighted by atomic mass is 16.6. The van der Waals surface area contributed by atoms with Crippen molar-refractivity contribution in [1.29, 1.82) is 0 Å². The lowest BCUT2D eigenvalue weighted by atomic mass is 10.4. The number of hydrogen-bond acceptors (Lipinski definition) is 3. The summed E-state index contributed by atoms with van der Waals surface area (Å²) in [5.74, 6) is 0. The standard InChI is InChI=1S/C9H15N3O/c1-10-5-8-13-11-9-3-6-12(2)7-4-9/h3-4,6-7,10H,5,8H2,1-2H3/p+1. The Bertz CT molecular complexity index is 235. The molecule has 0 bridgehead atoms. The lowest BCUT2D eigenvalue weighted by molar-refractivity contribution is -0.671. The van der Waals surface area contributed by atoms with Crippen molar-refractivity contribution >= 4 is 5.69 Å². The van der Waals surface area contributed by atoms with Crippen LogP contribution in [0.15, 0.2) is 24.5 Å². The van der Waals surface area contributed by atoms with Crippen LogP contribution < -0.4 is 15.4 Å². The Morgan fingerprint density at radius 1 is 1.38 bits per heavy atom. The molecule has 0 aliphatic carbocycles. The molecule has 0 aliphatic heterocycles. The molecule has 0 amide bonds. The second kappa shape index (κ2) is 5.50. The number of hydrogen-bond donors (Lipinski definition) is 2. The van der Waals surface area contributed by atoms with Crippen LogP contribution in [0.2, 0.25) is 0 Å². The van der Waals surface area contributed by atoms with Gasteiger partial charge in [0, 0.05) is 18.7 Å². The molecule has 0 aromatic carbocycles. The summed E-state index contributed by atoms with van der Waals surface area (Å²) in [5.41, 5.74) is 3.82. The highest BCUT2D eigenvalue weighted by Gasteiger charge is 1.93. The summed E-state index contributed by atoms with van der Waals surface area (Å²) in [6, 6.07) is 3.92. The maximum atomic E-state index is 5.18. The third kappa shape index (κ3) is 3.87. The van der Waals surface area contributed by atoms with Crippen LogP contribution in [0.1, 0.15) is 0 Å². The number of anilines is 1. The zero-order chi connectivity index (χ0) is 9.52. The van der Waals surface area contributed by atoms with Gasteiger partial charge in [0.05, 0.1) is 12.3 Å². The first kappa shape index (κ1) is 9.95. The van der Waals surface area contributed by atoms with E-state index in [4.69, 9.17) is 4.84 Å². The number of pyridine rings is 1. The molecule has 2 N–H and O–H groups in total. The fourth-order valence-electron chi connectivity index (χ4n) is 0.856. The normalized spacial score (nSPS) is 10.0. The van der Waals surface area contributed by atoms with Crippen LogP contribution in [-0.2, 0) is 11.9 Å². The van der Waals surface area contributed by atoms with Gasteiger partial charge < -0.3 is 5.32 Å². The van der Waals surface area contributed by atoms with Gasteiger partial charge in [0.1, 0.15) is 7.05 Å². The quantitative estimate of drug-likeness (QED) is 0.384. The van der Waals surface area contributed by atoms with Gasteiger partial charge in [-0.3, -0.25) is 10.3 Å². The van der Waals surface area contributed by atoms with Crippen molar-refractivity contribution in [3.05, 3.63) is 24.5 Å². The molecule has 1 rings (SSSR count). The third-order valence-corrected chi connectivity index (χ3v) is 1.62. The van der Waals surface area contributed by atoms with E-state index in [1.807, 2.05) is 43.2 Å². The minimum Gasteiger partial charge on any atom is -0.317 e. The Kier molecular flexibility index (Phi) is 4.21. The number of likely N-dealkylation sites (N-methyl/N-ethyl adjacent to an activating group) is 1. The lowest BCUT2D eigenvalue weighted by Gasteiger charge is -2.04. The monoisotopic (exact) mass is 182 g/mol. The summed E-state index contributed by atoms with van der Waals surface area (Å²) in [7, 11) is 3.87. The first-order valence-electron chi connectivity index (χ1n) is 4.30. The number of nitrogens with zero attached hydrogens (tertiary/aromatic N) is 1. The number of aromatic nitrogens is 1. The maximum absolute atomic E-state index is 5.18. The summed E-state index contributed by atoms with van der Waals surface area (Å²) < 4.78 is 1.97. The van der Waals surface area contributed by atoms with Crippen molar-refractivity contribution in [2.24, 2.45) is 7.05 Å². The van der Waals surface area contributed by atoms with E-state index in [9.17, 15) is 0 Å². The molecule has 4 heteroatoms. The van der Waals surface area contributed by atoms with E-state index in [0.29, 0.717) is 6.61 Å². The Labute approximate surface area is 78.5 Å². The zero-order valence-corrected chi connectivity index (χ0v) is 8.08. The molecule has 0 atom stereocenters. The molecule has 13 heavy (non-hydrogen) atoms. The first-order chi connectivity index (χ1) is 6.33. The van der Waals surface area contributed by atoms with E-state index in [2.05, 4.69) is 10.8 Å². The first-order valence-corrected chi connectivity index (χ1v) is 4.30. The van der Waals surface area contributed by atoms with Gasteiger partial charge in [0.2, 0.25) is 0 Å². The number of nitrogens with one attached hydrogen (secondary N) is 2. The minimum absolute atomic E-state index is 0.650. The van der Waals surface area contributed by atoms with Crippen molar-refractivity contribution in [2.75, 3.05) is 25.7 Å². The Morgan fingerprint density at radius 2 is 2.08 bits per heavy atom. The van der Waals surface area contributed by atoms with Gasteiger partial charge in [-0.25, -0.2) is 4.57 Å². The fourth-order valence-corrected chi connectivity index (χ4v) is 0.856. The Hall–Kier alpha value is -1.13. The Balaban J connectivity index is 2.25. The topological polar surface area (TPSA) is 37.2 Å². The van der Waals surface area contributed by atoms with Gasteiger partial charge in [-0.05, 0) is 7.05 Å². The average Bonchev–Trinajstić information content (AvgIpc) is 2.15. The van der Waals surface area contributed by atoms with Crippen LogP contribution in [-0.4, -0.2) is 20.2 Å². The van der Waals surface area contributed by atoms with Crippen molar-refractivity contribution in [2.45, 2.75) is 0 Å². The molecule has 1 aromatic heterocycles. The van der Waals surface area contributed by atoms with Crippen molar-refractivity contribution in [1.82, 2.24) is 5.32 Å². The second-order valence-corrected chi connectivity index (χ2v) is 2.81. The molecule has 0 unspecified atom stereocenters. The SMILES string of the molecule is CNCCONc1cc[n+](C)cc1. The van der Waals surface area contributed by atoms with E-state index >= 15 is 0 Å². The third-order valence-electron chi connectivity index (χ3n) is 1.62. The molecule has 72 valence electrons. The largest absolute Gasteiger partial charge is 0.317 e. The highest BCUT2D eigenvalue weighted by Crippen LogP contribution is 2.01. The smallest absolute Gasteiger partial charge is 0.170 e. The molecule has 1 heterocycles. The summed E-state index contributed by atoms with van der Waals surface area (Å²) in [5, 5.41) is 2.99. The van der Waals surface area contributed by atoms with Crippen LogP contribution >= 0.6 is 0 Å². The molecule has 0 spiro atoms. The molecule has 4 nitrogen and oxygen atoms in total. The summed E-state index contributed by atoms with van der Waals surface area (Å²) in [6.45, 7) is 1.49. The van der Waals surface area contributed by atoms with Gasteiger partial charge in [0.25, 0.3) is 0 Å². The molecule has 0 saturated carbocycles. The van der Waals surface area contributed by atoms with Gasteiger partial charge in [-0.2, -0.15) is 0 Å². The number of aryl methyl sites for hydroxylation is 1. The van der Waals surface area contributed by atoms with Crippen molar-refractivity contribution in [3.8, 4) is 0 Å². The predicted octanol–water partition coefficient (Wildman–Crippen LogP) is 0.0740. The summed E-state index contributed by atoms with van der Waals surface area (Å²) >= 11 is 0. The molecule has 0 radical (unpaired) electrons. The highest BCUT2D eigenvalue weighted by molar-refractivity contribution is 5.36. The van der Waals surface area contributed by atoms with Gasteiger partial charge in [-0.15, -0.1) is 0 Å². The van der Waals surface area contributed by atoms with E-state index < -0.39 is 0 Å². The van der Waals surface area contributed by atoms with Crippen LogP contribution in [0.4, 0.5) is 5.69 Å². The van der Waals surface area contributed by atoms with Crippen LogP contribution in [0.3, 0.4) is 0 Å². The minimum atomic E-state index is 0.650. The van der Waals surface area contributed by atoms with E-state index in [0.717, 1.165) is 12.2 Å². The van der Waals surface area contributed by atoms with E-state index in [-0.39, 0.29) is 0 Å². The molecule has 0 aliphatic rings. The maximum Gasteiger partial charge on any atom is 0.170 e. The van der Waals surface area contributed by atoms with Crippen molar-refractivity contribution in [3.63, 3.8) is 0 Å². The predicted molar refractivity (Wildman–Crippen MR) is 51.1 cm³/mol.